The Kier molecular flexibility index (Phi) is 7.46. The van der Waals surface area contributed by atoms with Gasteiger partial charge < -0.3 is 9.15 Å². The zero-order valence-electron chi connectivity index (χ0n) is 20.8. The van der Waals surface area contributed by atoms with Crippen LogP contribution in [0.4, 0.5) is 0 Å². The number of carbonyl (C=O) groups excluding carboxylic acids is 2. The summed E-state index contributed by atoms with van der Waals surface area (Å²) in [7, 11) is 0. The smallest absolute Gasteiger partial charge is 0.327 e. The van der Waals surface area contributed by atoms with E-state index in [1.165, 1.54) is 6.92 Å². The number of aromatic nitrogens is 4. The fourth-order valence-corrected chi connectivity index (χ4v) is 4.76. The lowest BCUT2D eigenvalue weighted by Crippen LogP contribution is -2.27. The summed E-state index contributed by atoms with van der Waals surface area (Å²) in [6.45, 7) is 3.18. The Bertz CT molecular complexity index is 1550. The lowest BCUT2D eigenvalue weighted by molar-refractivity contribution is -0.144. The second-order valence-corrected chi connectivity index (χ2v) is 9.34. The van der Waals surface area contributed by atoms with Crippen LogP contribution in [0.5, 0.6) is 0 Å². The van der Waals surface area contributed by atoms with Crippen LogP contribution >= 0.6 is 11.8 Å². The number of hydrogen-bond donors (Lipinski definition) is 0. The van der Waals surface area contributed by atoms with Gasteiger partial charge in [-0.2, -0.15) is 5.10 Å². The first-order chi connectivity index (χ1) is 18.6. The summed E-state index contributed by atoms with van der Waals surface area (Å²) in [4.78, 5) is 24.5. The summed E-state index contributed by atoms with van der Waals surface area (Å²) in [5, 5.41) is 12.5. The molecule has 2 aromatic heterocycles. The van der Waals surface area contributed by atoms with Crippen LogP contribution in [0, 0.1) is 0 Å². The van der Waals surface area contributed by atoms with Gasteiger partial charge in [0.1, 0.15) is 11.4 Å². The SMILES string of the molecule is CCOC(=O)C(Sc1nnc(-c2c(-c3ccccc3)c(-c3ccccc3)nn2-c2ccccc2)o1)C(C)=O. The molecular formula is C29H24N4O4S. The molecule has 1 atom stereocenters. The van der Waals surface area contributed by atoms with Crippen molar-refractivity contribution in [3.05, 3.63) is 91.0 Å². The van der Waals surface area contributed by atoms with Crippen LogP contribution in [0.3, 0.4) is 0 Å². The number of rotatable bonds is 9. The number of Topliss-reactive ketones (excluding diaryl/α,β-unsaturated/α-hetero) is 1. The van der Waals surface area contributed by atoms with Crippen molar-refractivity contribution in [2.24, 2.45) is 0 Å². The van der Waals surface area contributed by atoms with Crippen LogP contribution in [-0.2, 0) is 14.3 Å². The number of hydrogen-bond acceptors (Lipinski definition) is 8. The topological polar surface area (TPSA) is 100 Å². The standard InChI is InChI=1S/C29H24N4O4S/c1-3-36-28(35)26(19(2)34)38-29-31-30-27(37-29)25-23(20-13-7-4-8-14-20)24(21-15-9-5-10-16-21)32-33(25)22-17-11-6-12-18-22/h4-18,26H,3H2,1-2H3. The van der Waals surface area contributed by atoms with E-state index < -0.39 is 11.2 Å². The first kappa shape index (κ1) is 25.2. The molecule has 9 heteroatoms. The van der Waals surface area contributed by atoms with Gasteiger partial charge in [0.05, 0.1) is 12.3 Å². The van der Waals surface area contributed by atoms with Gasteiger partial charge in [0, 0.05) is 11.1 Å². The molecule has 5 aromatic rings. The van der Waals surface area contributed by atoms with Crippen LogP contribution in [0.15, 0.2) is 101 Å². The molecule has 5 rings (SSSR count). The van der Waals surface area contributed by atoms with Crippen molar-refractivity contribution in [3.8, 4) is 39.7 Å². The quantitative estimate of drug-likeness (QED) is 0.134. The first-order valence-corrected chi connectivity index (χ1v) is 12.9. The molecule has 0 saturated heterocycles. The van der Waals surface area contributed by atoms with Crippen LogP contribution in [0.1, 0.15) is 13.8 Å². The van der Waals surface area contributed by atoms with E-state index >= 15 is 0 Å². The average molecular weight is 525 g/mol. The zero-order chi connectivity index (χ0) is 26.5. The van der Waals surface area contributed by atoms with Gasteiger partial charge in [-0.1, -0.05) is 78.9 Å². The molecule has 0 radical (unpaired) electrons. The minimum Gasteiger partial charge on any atom is -0.465 e. The van der Waals surface area contributed by atoms with Gasteiger partial charge >= 0.3 is 5.97 Å². The van der Waals surface area contributed by atoms with Crippen molar-refractivity contribution in [1.82, 2.24) is 20.0 Å². The second kappa shape index (κ2) is 11.3. The number of benzene rings is 3. The van der Waals surface area contributed by atoms with E-state index in [1.807, 2.05) is 91.0 Å². The van der Waals surface area contributed by atoms with Crippen molar-refractivity contribution in [2.75, 3.05) is 6.61 Å². The molecular weight excluding hydrogens is 500 g/mol. The van der Waals surface area contributed by atoms with Crippen molar-refractivity contribution in [2.45, 2.75) is 24.3 Å². The van der Waals surface area contributed by atoms with Gasteiger partial charge in [0.2, 0.25) is 0 Å². The fraction of sp³-hybridized carbons (Fsp3) is 0.138. The van der Waals surface area contributed by atoms with E-state index in [0.717, 1.165) is 39.8 Å². The van der Waals surface area contributed by atoms with Gasteiger partial charge in [-0.3, -0.25) is 9.59 Å². The highest BCUT2D eigenvalue weighted by Crippen LogP contribution is 2.41. The summed E-state index contributed by atoms with van der Waals surface area (Å²) in [5.74, 6) is -0.801. The molecule has 0 fully saturated rings. The largest absolute Gasteiger partial charge is 0.465 e. The van der Waals surface area contributed by atoms with Gasteiger partial charge in [0.25, 0.3) is 11.1 Å². The molecule has 0 aliphatic carbocycles. The number of para-hydroxylation sites is 1. The normalized spacial score (nSPS) is 11.7. The lowest BCUT2D eigenvalue weighted by atomic mass is 9.98. The Balaban J connectivity index is 1.69. The molecule has 190 valence electrons. The third-order valence-electron chi connectivity index (χ3n) is 5.69. The average Bonchev–Trinajstić information content (AvgIpc) is 3.58. The minimum atomic E-state index is -1.10. The molecule has 0 saturated carbocycles. The number of ketones is 1. The number of esters is 1. The lowest BCUT2D eigenvalue weighted by Gasteiger charge is -2.09. The van der Waals surface area contributed by atoms with Crippen molar-refractivity contribution >= 4 is 23.5 Å². The molecule has 8 nitrogen and oxygen atoms in total. The number of carbonyl (C=O) groups is 2. The molecule has 0 N–H and O–H groups in total. The minimum absolute atomic E-state index is 0.0781. The molecule has 1 unspecified atom stereocenters. The van der Waals surface area contributed by atoms with E-state index in [9.17, 15) is 9.59 Å². The zero-order valence-corrected chi connectivity index (χ0v) is 21.6. The maximum absolute atomic E-state index is 12.3. The Morgan fingerprint density at radius 2 is 1.50 bits per heavy atom. The molecule has 2 heterocycles. The van der Waals surface area contributed by atoms with Crippen molar-refractivity contribution in [1.29, 1.82) is 0 Å². The van der Waals surface area contributed by atoms with E-state index in [1.54, 1.807) is 11.6 Å². The van der Waals surface area contributed by atoms with Gasteiger partial charge in [-0.05, 0) is 43.3 Å². The Morgan fingerprint density at radius 1 is 0.895 bits per heavy atom. The van der Waals surface area contributed by atoms with Crippen LogP contribution in [0.25, 0.3) is 39.7 Å². The van der Waals surface area contributed by atoms with E-state index in [0.29, 0.717) is 5.69 Å². The molecule has 0 aliphatic rings. The van der Waals surface area contributed by atoms with Crippen molar-refractivity contribution in [3.63, 3.8) is 0 Å². The first-order valence-electron chi connectivity index (χ1n) is 12.0. The van der Waals surface area contributed by atoms with Crippen LogP contribution in [-0.4, -0.2) is 43.6 Å². The second-order valence-electron chi connectivity index (χ2n) is 8.29. The number of thioether (sulfide) groups is 1. The molecule has 0 amide bonds. The highest BCUT2D eigenvalue weighted by molar-refractivity contribution is 8.01. The van der Waals surface area contributed by atoms with Gasteiger partial charge in [0.15, 0.2) is 11.0 Å². The molecule has 0 spiro atoms. The molecule has 0 aliphatic heterocycles. The number of nitrogens with zero attached hydrogens (tertiary/aromatic N) is 4. The highest BCUT2D eigenvalue weighted by Gasteiger charge is 2.31. The maximum atomic E-state index is 12.3. The van der Waals surface area contributed by atoms with E-state index in [-0.39, 0.29) is 23.5 Å². The third-order valence-corrected chi connectivity index (χ3v) is 6.82. The summed E-state index contributed by atoms with van der Waals surface area (Å²) in [6.07, 6.45) is 0. The Hall–Kier alpha value is -4.50. The van der Waals surface area contributed by atoms with Gasteiger partial charge in [-0.15, -0.1) is 10.2 Å². The summed E-state index contributed by atoms with van der Waals surface area (Å²) >= 11 is 0.873. The molecule has 3 aromatic carbocycles. The van der Waals surface area contributed by atoms with Crippen LogP contribution < -0.4 is 0 Å². The van der Waals surface area contributed by atoms with Crippen LogP contribution in [0.2, 0.25) is 0 Å². The Labute approximate surface area is 223 Å². The molecule has 38 heavy (non-hydrogen) atoms. The van der Waals surface area contributed by atoms with E-state index in [2.05, 4.69) is 10.2 Å². The third kappa shape index (κ3) is 5.14. The predicted octanol–water partition coefficient (Wildman–Crippen LogP) is 5.87. The predicted molar refractivity (Wildman–Crippen MR) is 145 cm³/mol. The summed E-state index contributed by atoms with van der Waals surface area (Å²) in [5.41, 5.74) is 4.81. The summed E-state index contributed by atoms with van der Waals surface area (Å²) < 4.78 is 12.9. The highest BCUT2D eigenvalue weighted by atomic mass is 32.2. The van der Waals surface area contributed by atoms with Gasteiger partial charge in [-0.25, -0.2) is 4.68 Å². The summed E-state index contributed by atoms with van der Waals surface area (Å²) in [6, 6.07) is 29.4. The Morgan fingerprint density at radius 3 is 2.11 bits per heavy atom. The maximum Gasteiger partial charge on any atom is 0.327 e. The number of ether oxygens (including phenoxy) is 1. The molecule has 0 bridgehead atoms. The fourth-order valence-electron chi connectivity index (χ4n) is 4.02. The van der Waals surface area contributed by atoms with Crippen molar-refractivity contribution < 1.29 is 18.7 Å². The van der Waals surface area contributed by atoms with E-state index in [4.69, 9.17) is 14.3 Å². The monoisotopic (exact) mass is 524 g/mol.